The van der Waals surface area contributed by atoms with Crippen molar-refractivity contribution in [2.45, 2.75) is 43.0 Å². The van der Waals surface area contributed by atoms with Crippen LogP contribution in [0.4, 0.5) is 11.4 Å². The first-order valence-corrected chi connectivity index (χ1v) is 11.2. The Balaban J connectivity index is 1.57. The predicted octanol–water partition coefficient (Wildman–Crippen LogP) is 4.88. The fourth-order valence-corrected chi connectivity index (χ4v) is 4.12. The van der Waals surface area contributed by atoms with Crippen LogP contribution in [-0.2, 0) is 9.59 Å². The quantitative estimate of drug-likeness (QED) is 0.496. The lowest BCUT2D eigenvalue weighted by molar-refractivity contribution is -0.115. The van der Waals surface area contributed by atoms with Gasteiger partial charge >= 0.3 is 0 Å². The molecule has 0 saturated heterocycles. The minimum absolute atomic E-state index is 0.134. The number of hydrogen-bond acceptors (Lipinski definition) is 5. The van der Waals surface area contributed by atoms with Gasteiger partial charge in [0.05, 0.1) is 10.9 Å². The molecule has 4 rings (SSSR count). The van der Waals surface area contributed by atoms with Crippen molar-refractivity contribution in [1.29, 1.82) is 0 Å². The molecule has 1 fully saturated rings. The summed E-state index contributed by atoms with van der Waals surface area (Å²) in [7, 11) is 0. The summed E-state index contributed by atoms with van der Waals surface area (Å²) in [5.74, 6) is 0.976. The number of hydrogen-bond donors (Lipinski definition) is 2. The second kappa shape index (κ2) is 9.11. The summed E-state index contributed by atoms with van der Waals surface area (Å²) in [4.78, 5) is 24.2. The lowest BCUT2D eigenvalue weighted by atomic mass is 10.2. The zero-order valence-corrected chi connectivity index (χ0v) is 18.7. The van der Waals surface area contributed by atoms with Crippen LogP contribution in [-0.4, -0.2) is 31.8 Å². The maximum Gasteiger partial charge on any atom is 0.237 e. The zero-order chi connectivity index (χ0) is 22.0. The summed E-state index contributed by atoms with van der Waals surface area (Å²) in [5, 5.41) is 15.3. The van der Waals surface area contributed by atoms with Crippen molar-refractivity contribution in [3.8, 4) is 5.69 Å². The second-order valence-corrected chi connectivity index (χ2v) is 9.18. The van der Waals surface area contributed by atoms with Crippen molar-refractivity contribution >= 4 is 46.6 Å². The summed E-state index contributed by atoms with van der Waals surface area (Å²) in [6.45, 7) is 3.31. The summed E-state index contributed by atoms with van der Waals surface area (Å²) in [5.41, 5.74) is 2.24. The molecule has 1 saturated carbocycles. The van der Waals surface area contributed by atoms with Gasteiger partial charge < -0.3 is 10.6 Å². The van der Waals surface area contributed by atoms with Crippen molar-refractivity contribution in [1.82, 2.24) is 14.8 Å². The normalized spacial score (nSPS) is 14.2. The van der Waals surface area contributed by atoms with Crippen molar-refractivity contribution in [3.63, 3.8) is 0 Å². The third-order valence-corrected chi connectivity index (χ3v) is 6.08. The van der Waals surface area contributed by atoms with Crippen molar-refractivity contribution in [2.75, 3.05) is 10.6 Å². The summed E-state index contributed by atoms with van der Waals surface area (Å²) in [6.07, 6.45) is 2.14. The summed E-state index contributed by atoms with van der Waals surface area (Å²) in [6, 6.07) is 14.5. The number of amides is 2. The average Bonchev–Trinajstić information content (AvgIpc) is 3.49. The van der Waals surface area contributed by atoms with Gasteiger partial charge in [-0.2, -0.15) is 0 Å². The third-order valence-electron chi connectivity index (χ3n) is 4.79. The minimum atomic E-state index is -0.399. The molecule has 1 atom stereocenters. The third kappa shape index (κ3) is 5.26. The van der Waals surface area contributed by atoms with E-state index in [9.17, 15) is 9.59 Å². The Morgan fingerprint density at radius 2 is 1.84 bits per heavy atom. The molecule has 7 nitrogen and oxygen atoms in total. The van der Waals surface area contributed by atoms with Gasteiger partial charge in [0, 0.05) is 29.2 Å². The first-order valence-electron chi connectivity index (χ1n) is 9.97. The highest BCUT2D eigenvalue weighted by Crippen LogP contribution is 2.41. The van der Waals surface area contributed by atoms with E-state index < -0.39 is 5.25 Å². The Hall–Kier alpha value is -2.84. The van der Waals surface area contributed by atoms with Crippen LogP contribution in [0.15, 0.2) is 53.7 Å². The van der Waals surface area contributed by atoms with Crippen LogP contribution in [0.2, 0.25) is 5.02 Å². The van der Waals surface area contributed by atoms with Crippen molar-refractivity contribution in [3.05, 3.63) is 59.4 Å². The van der Waals surface area contributed by atoms with Gasteiger partial charge in [-0.3, -0.25) is 14.2 Å². The summed E-state index contributed by atoms with van der Waals surface area (Å²) >= 11 is 7.25. The summed E-state index contributed by atoms with van der Waals surface area (Å²) < 4.78 is 1.99. The molecule has 1 unspecified atom stereocenters. The number of halogens is 1. The maximum atomic E-state index is 12.7. The lowest BCUT2D eigenvalue weighted by Gasteiger charge is -2.14. The fourth-order valence-electron chi connectivity index (χ4n) is 3.12. The molecule has 1 aromatic heterocycles. The van der Waals surface area contributed by atoms with Gasteiger partial charge in [0.2, 0.25) is 11.8 Å². The van der Waals surface area contributed by atoms with Crippen LogP contribution in [0, 0.1) is 0 Å². The van der Waals surface area contributed by atoms with Crippen molar-refractivity contribution in [2.24, 2.45) is 0 Å². The Bertz CT molecular complexity index is 1110. The molecule has 0 spiro atoms. The molecule has 2 N–H and O–H groups in total. The minimum Gasteiger partial charge on any atom is -0.326 e. The number of aromatic nitrogens is 3. The molecule has 0 radical (unpaired) electrons. The number of carbonyl (C=O) groups is 2. The van der Waals surface area contributed by atoms with E-state index in [1.807, 2.05) is 35.8 Å². The number of nitrogens with zero attached hydrogens (tertiary/aromatic N) is 3. The molecule has 2 aromatic carbocycles. The van der Waals surface area contributed by atoms with Gasteiger partial charge in [-0.15, -0.1) is 10.2 Å². The highest BCUT2D eigenvalue weighted by atomic mass is 35.5. The smallest absolute Gasteiger partial charge is 0.237 e. The van der Waals surface area contributed by atoms with E-state index in [2.05, 4.69) is 20.8 Å². The molecule has 3 aromatic rings. The van der Waals surface area contributed by atoms with Crippen LogP contribution in [0.5, 0.6) is 0 Å². The molecule has 1 aliphatic rings. The van der Waals surface area contributed by atoms with Crippen LogP contribution in [0.3, 0.4) is 0 Å². The molecule has 160 valence electrons. The number of thioether (sulfide) groups is 1. The van der Waals surface area contributed by atoms with Crippen molar-refractivity contribution < 1.29 is 9.59 Å². The molecular formula is C22H22ClN5O2S. The zero-order valence-electron chi connectivity index (χ0n) is 17.1. The van der Waals surface area contributed by atoms with Gasteiger partial charge in [-0.05, 0) is 62.2 Å². The van der Waals surface area contributed by atoms with Crippen LogP contribution < -0.4 is 10.6 Å². The van der Waals surface area contributed by atoms with Gasteiger partial charge in [-0.1, -0.05) is 29.4 Å². The molecule has 1 aliphatic carbocycles. The van der Waals surface area contributed by atoms with Gasteiger partial charge in [0.25, 0.3) is 0 Å². The number of benzene rings is 2. The topological polar surface area (TPSA) is 88.9 Å². The van der Waals surface area contributed by atoms with E-state index >= 15 is 0 Å². The number of nitrogens with one attached hydrogen (secondary N) is 2. The highest BCUT2D eigenvalue weighted by molar-refractivity contribution is 8.00. The molecule has 0 aliphatic heterocycles. The average molecular weight is 456 g/mol. The van der Waals surface area contributed by atoms with Crippen LogP contribution in [0.1, 0.15) is 38.4 Å². The van der Waals surface area contributed by atoms with E-state index in [0.717, 1.165) is 24.4 Å². The molecule has 2 amide bonds. The van der Waals surface area contributed by atoms with Crippen LogP contribution >= 0.6 is 23.4 Å². The lowest BCUT2D eigenvalue weighted by Crippen LogP contribution is -2.22. The highest BCUT2D eigenvalue weighted by Gasteiger charge is 2.32. The molecule has 9 heteroatoms. The van der Waals surface area contributed by atoms with E-state index in [4.69, 9.17) is 11.6 Å². The maximum absolute atomic E-state index is 12.7. The Labute approximate surface area is 189 Å². The van der Waals surface area contributed by atoms with Gasteiger partial charge in [-0.25, -0.2) is 0 Å². The first kappa shape index (κ1) is 21.4. The monoisotopic (exact) mass is 455 g/mol. The standard InChI is InChI=1S/C22H22ClN5O2S/c1-13(21(30)25-17-10-8-16(23)9-11-17)31-22-27-26-20(15-6-7-15)28(22)19-5-3-4-18(12-19)24-14(2)29/h3-5,8-13,15H,6-7H2,1-2H3,(H,24,29)(H,25,30). The Morgan fingerprint density at radius 1 is 1.10 bits per heavy atom. The van der Waals surface area contributed by atoms with Gasteiger partial charge in [0.15, 0.2) is 5.16 Å². The number of carbonyl (C=O) groups excluding carboxylic acids is 2. The molecular weight excluding hydrogens is 434 g/mol. The Kier molecular flexibility index (Phi) is 6.29. The number of anilines is 2. The molecule has 0 bridgehead atoms. The van der Waals surface area contributed by atoms with E-state index in [1.54, 1.807) is 24.3 Å². The largest absolute Gasteiger partial charge is 0.326 e. The van der Waals surface area contributed by atoms with Gasteiger partial charge in [0.1, 0.15) is 5.82 Å². The predicted molar refractivity (Wildman–Crippen MR) is 123 cm³/mol. The Morgan fingerprint density at radius 3 is 2.52 bits per heavy atom. The SMILES string of the molecule is CC(=O)Nc1cccc(-n2c(SC(C)C(=O)Nc3ccc(Cl)cc3)nnc2C2CC2)c1. The van der Waals surface area contributed by atoms with E-state index in [0.29, 0.717) is 27.5 Å². The number of rotatable bonds is 7. The second-order valence-electron chi connectivity index (χ2n) is 7.44. The fraction of sp³-hybridized carbons (Fsp3) is 0.273. The molecule has 1 heterocycles. The first-order chi connectivity index (χ1) is 14.9. The van der Waals surface area contributed by atoms with E-state index in [-0.39, 0.29) is 11.8 Å². The van der Waals surface area contributed by atoms with Crippen LogP contribution in [0.25, 0.3) is 5.69 Å². The van der Waals surface area contributed by atoms with E-state index in [1.165, 1.54) is 18.7 Å². The molecule has 31 heavy (non-hydrogen) atoms.